The Bertz CT molecular complexity index is 1240. The second kappa shape index (κ2) is 11.1. The summed E-state index contributed by atoms with van der Waals surface area (Å²) in [7, 11) is 0. The van der Waals surface area contributed by atoms with Crippen LogP contribution < -0.4 is 4.90 Å². The lowest BCUT2D eigenvalue weighted by Crippen LogP contribution is -2.53. The van der Waals surface area contributed by atoms with E-state index in [4.69, 9.17) is 15.0 Å². The van der Waals surface area contributed by atoms with E-state index >= 15 is 0 Å². The molecule has 3 aromatic heterocycles. The van der Waals surface area contributed by atoms with E-state index in [0.717, 1.165) is 43.3 Å². The molecule has 1 amide bonds. The smallest absolute Gasteiger partial charge is 0.475 e. The van der Waals surface area contributed by atoms with Gasteiger partial charge in [-0.25, -0.2) is 14.8 Å². The van der Waals surface area contributed by atoms with Gasteiger partial charge < -0.3 is 14.9 Å². The van der Waals surface area contributed by atoms with Crippen molar-refractivity contribution in [2.45, 2.75) is 57.3 Å². The van der Waals surface area contributed by atoms with Gasteiger partial charge in [-0.3, -0.25) is 9.48 Å². The molecule has 5 rings (SSSR count). The van der Waals surface area contributed by atoms with E-state index in [0.29, 0.717) is 19.0 Å². The summed E-state index contributed by atoms with van der Waals surface area (Å²) in [6.07, 6.45) is 3.01. The predicted octanol–water partition coefficient (Wildman–Crippen LogP) is 4.07. The van der Waals surface area contributed by atoms with Crippen LogP contribution in [0.1, 0.15) is 48.9 Å². The van der Waals surface area contributed by atoms with Crippen molar-refractivity contribution < 1.29 is 27.9 Å². The summed E-state index contributed by atoms with van der Waals surface area (Å²) in [6, 6.07) is 6.20. The minimum Gasteiger partial charge on any atom is -0.475 e. The number of aromatic nitrogens is 4. The number of aliphatic carboxylic acids is 1. The van der Waals surface area contributed by atoms with Gasteiger partial charge in [-0.2, -0.15) is 18.3 Å². The van der Waals surface area contributed by atoms with Crippen LogP contribution in [-0.2, 0) is 28.0 Å². The van der Waals surface area contributed by atoms with E-state index in [-0.39, 0.29) is 11.3 Å². The van der Waals surface area contributed by atoms with Crippen LogP contribution in [0.5, 0.6) is 0 Å². The molecule has 3 aromatic rings. The quantitative estimate of drug-likeness (QED) is 0.522. The summed E-state index contributed by atoms with van der Waals surface area (Å²) in [6.45, 7) is 7.43. The third-order valence-corrected chi connectivity index (χ3v) is 7.63. The maximum Gasteiger partial charge on any atom is 0.490 e. The molecule has 0 atom stereocenters. The lowest BCUT2D eigenvalue weighted by Gasteiger charge is -2.46. The van der Waals surface area contributed by atoms with Crippen LogP contribution in [0, 0.1) is 0 Å². The van der Waals surface area contributed by atoms with E-state index in [2.05, 4.69) is 44.5 Å². The van der Waals surface area contributed by atoms with Crippen molar-refractivity contribution >= 4 is 29.2 Å². The number of amides is 1. The first kappa shape index (κ1) is 27.6. The summed E-state index contributed by atoms with van der Waals surface area (Å²) >= 11 is 1.65. The van der Waals surface area contributed by atoms with E-state index < -0.39 is 12.1 Å². The number of carboxylic acid groups (broad SMARTS) is 1. The van der Waals surface area contributed by atoms with Crippen molar-refractivity contribution in [1.82, 2.24) is 24.6 Å². The molecular formula is C25H29F3N6O3S. The van der Waals surface area contributed by atoms with Crippen molar-refractivity contribution in [1.29, 1.82) is 0 Å². The highest BCUT2D eigenvalue weighted by Gasteiger charge is 2.46. The summed E-state index contributed by atoms with van der Waals surface area (Å²) < 4.78 is 33.8. The van der Waals surface area contributed by atoms with Crippen LogP contribution in [0.25, 0.3) is 0 Å². The normalized spacial score (nSPS) is 16.7. The van der Waals surface area contributed by atoms with Gasteiger partial charge in [0.1, 0.15) is 0 Å². The lowest BCUT2D eigenvalue weighted by atomic mass is 9.72. The number of hydrogen-bond acceptors (Lipinski definition) is 7. The van der Waals surface area contributed by atoms with Crippen molar-refractivity contribution in [3.63, 3.8) is 0 Å². The molecule has 0 unspecified atom stereocenters. The fourth-order valence-electron chi connectivity index (χ4n) is 4.79. The Hall–Kier alpha value is -3.48. The molecule has 1 spiro atoms. The molecule has 0 saturated carbocycles. The van der Waals surface area contributed by atoms with Crippen LogP contribution in [0.4, 0.5) is 19.1 Å². The van der Waals surface area contributed by atoms with Crippen LogP contribution >= 0.6 is 11.3 Å². The Morgan fingerprint density at radius 1 is 1.16 bits per heavy atom. The molecule has 0 aliphatic carbocycles. The summed E-state index contributed by atoms with van der Waals surface area (Å²) in [5, 5.41) is 14.2. The Kier molecular flexibility index (Phi) is 8.05. The standard InChI is InChI=1S/C23H28N6OS.C2HF3O2/c1-17(2)29-15-18-14-28(20(30)13-19-5-3-12-31-19)16-23(21(18)26-29)6-10-27(11-7-23)22-24-8-4-9-25-22;3-2(4,5)1(6)7/h3-5,8-9,12,15,17H,6-7,10-11,13-14,16H2,1-2H3;(H,6,7). The SMILES string of the molecule is CC(C)n1cc2c(n1)C1(CCN(c3ncccn3)CC1)CN(C(=O)Cc1cccs1)C2.O=C(O)C(F)(F)F. The van der Waals surface area contributed by atoms with E-state index in [1.165, 1.54) is 11.3 Å². The fraction of sp³-hybridized carbons (Fsp3) is 0.480. The van der Waals surface area contributed by atoms with Gasteiger partial charge in [-0.15, -0.1) is 11.3 Å². The highest BCUT2D eigenvalue weighted by molar-refractivity contribution is 7.10. The van der Waals surface area contributed by atoms with E-state index in [1.54, 1.807) is 23.7 Å². The van der Waals surface area contributed by atoms with Crippen LogP contribution in [0.3, 0.4) is 0 Å². The minimum absolute atomic E-state index is 0.107. The molecule has 0 aromatic carbocycles. The molecule has 5 heterocycles. The fourth-order valence-corrected chi connectivity index (χ4v) is 5.49. The topological polar surface area (TPSA) is 104 Å². The highest BCUT2D eigenvalue weighted by Crippen LogP contribution is 2.42. The van der Waals surface area contributed by atoms with Crippen molar-refractivity contribution in [2.24, 2.45) is 0 Å². The summed E-state index contributed by atoms with van der Waals surface area (Å²) in [4.78, 5) is 36.4. The monoisotopic (exact) mass is 550 g/mol. The Morgan fingerprint density at radius 2 is 1.82 bits per heavy atom. The molecule has 1 saturated heterocycles. The number of hydrogen-bond donors (Lipinski definition) is 1. The molecular weight excluding hydrogens is 521 g/mol. The zero-order chi connectivity index (χ0) is 27.5. The largest absolute Gasteiger partial charge is 0.490 e. The van der Waals surface area contributed by atoms with Gasteiger partial charge in [0.15, 0.2) is 0 Å². The Labute approximate surface area is 221 Å². The van der Waals surface area contributed by atoms with Gasteiger partial charge in [0.2, 0.25) is 11.9 Å². The number of alkyl halides is 3. The van der Waals surface area contributed by atoms with Gasteiger partial charge in [0.05, 0.1) is 12.1 Å². The minimum atomic E-state index is -5.08. The number of carbonyl (C=O) groups excluding carboxylic acids is 1. The van der Waals surface area contributed by atoms with Gasteiger partial charge in [-0.05, 0) is 44.2 Å². The van der Waals surface area contributed by atoms with Crippen molar-refractivity contribution in [3.05, 3.63) is 58.3 Å². The van der Waals surface area contributed by atoms with Crippen molar-refractivity contribution in [3.8, 4) is 0 Å². The summed E-state index contributed by atoms with van der Waals surface area (Å²) in [5.41, 5.74) is 2.28. The molecule has 1 N–H and O–H groups in total. The zero-order valence-electron chi connectivity index (χ0n) is 21.1. The van der Waals surface area contributed by atoms with Gasteiger partial charge in [0, 0.05) is 66.7 Å². The second-order valence-corrected chi connectivity index (χ2v) is 10.7. The molecule has 2 aliphatic heterocycles. The molecule has 1 fully saturated rings. The first-order chi connectivity index (χ1) is 18.0. The number of fused-ring (bicyclic) bond motifs is 2. The molecule has 0 radical (unpaired) electrons. The molecule has 0 bridgehead atoms. The number of carbonyl (C=O) groups is 2. The number of carboxylic acids is 1. The Balaban J connectivity index is 0.000000426. The highest BCUT2D eigenvalue weighted by atomic mass is 32.1. The molecule has 9 nitrogen and oxygen atoms in total. The number of anilines is 1. The number of piperidine rings is 1. The first-order valence-electron chi connectivity index (χ1n) is 12.2. The third-order valence-electron chi connectivity index (χ3n) is 6.75. The van der Waals surface area contributed by atoms with Crippen LogP contribution in [0.15, 0.2) is 42.2 Å². The van der Waals surface area contributed by atoms with Crippen LogP contribution in [-0.4, -0.2) is 67.4 Å². The number of halogens is 3. The zero-order valence-corrected chi connectivity index (χ0v) is 21.9. The van der Waals surface area contributed by atoms with Gasteiger partial charge in [0.25, 0.3) is 0 Å². The van der Waals surface area contributed by atoms with Gasteiger partial charge in [-0.1, -0.05) is 6.07 Å². The summed E-state index contributed by atoms with van der Waals surface area (Å²) in [5.74, 6) is -1.77. The second-order valence-electron chi connectivity index (χ2n) is 9.70. The Morgan fingerprint density at radius 3 is 2.37 bits per heavy atom. The van der Waals surface area contributed by atoms with E-state index in [1.807, 2.05) is 23.6 Å². The molecule has 2 aliphatic rings. The lowest BCUT2D eigenvalue weighted by molar-refractivity contribution is -0.192. The number of thiophene rings is 1. The van der Waals surface area contributed by atoms with E-state index in [9.17, 15) is 18.0 Å². The third kappa shape index (κ3) is 6.14. The molecule has 13 heteroatoms. The number of rotatable bonds is 4. The average Bonchev–Trinajstić information content (AvgIpc) is 3.55. The first-order valence-corrected chi connectivity index (χ1v) is 13.1. The maximum atomic E-state index is 13.2. The maximum absolute atomic E-state index is 13.2. The van der Waals surface area contributed by atoms with Gasteiger partial charge >= 0.3 is 12.1 Å². The van der Waals surface area contributed by atoms with Crippen molar-refractivity contribution in [2.75, 3.05) is 24.5 Å². The molecule has 204 valence electrons. The average molecular weight is 551 g/mol. The number of nitrogens with zero attached hydrogens (tertiary/aromatic N) is 6. The van der Waals surface area contributed by atoms with Crippen LogP contribution in [0.2, 0.25) is 0 Å². The molecule has 38 heavy (non-hydrogen) atoms. The predicted molar refractivity (Wildman–Crippen MR) is 135 cm³/mol.